The predicted molar refractivity (Wildman–Crippen MR) is 175 cm³/mol. The smallest absolute Gasteiger partial charge is 0.314 e. The van der Waals surface area contributed by atoms with E-state index in [-0.39, 0.29) is 17.7 Å². The molecule has 0 saturated heterocycles. The number of unbranched alkanes of at least 4 members (excludes halogenated alkanes) is 2. The second kappa shape index (κ2) is 14.0. The van der Waals surface area contributed by atoms with Crippen molar-refractivity contribution in [3.63, 3.8) is 0 Å². The lowest BCUT2D eigenvalue weighted by atomic mass is 9.70. The summed E-state index contributed by atoms with van der Waals surface area (Å²) in [4.78, 5) is 30.7. The van der Waals surface area contributed by atoms with Crippen molar-refractivity contribution in [2.24, 2.45) is 0 Å². The Balaban J connectivity index is 1.74. The summed E-state index contributed by atoms with van der Waals surface area (Å²) in [6, 6.07) is 12.2. The summed E-state index contributed by atoms with van der Waals surface area (Å²) >= 11 is 6.40. The minimum atomic E-state index is -0.748. The third-order valence-electron chi connectivity index (χ3n) is 8.45. The molecule has 4 rings (SSSR count). The zero-order chi connectivity index (χ0) is 31.2. The van der Waals surface area contributed by atoms with Gasteiger partial charge in [0.05, 0.1) is 18.2 Å². The highest BCUT2D eigenvalue weighted by atomic mass is 35.5. The molecule has 1 aliphatic carbocycles. The van der Waals surface area contributed by atoms with Crippen LogP contribution < -0.4 is 9.64 Å². The molecule has 0 aromatic heterocycles. The number of anilines is 1. The van der Waals surface area contributed by atoms with Gasteiger partial charge in [-0.1, -0.05) is 35.9 Å². The first-order valence-corrected chi connectivity index (χ1v) is 15.8. The Labute approximate surface area is 262 Å². The summed E-state index contributed by atoms with van der Waals surface area (Å²) in [5.74, 6) is -0.501. The summed E-state index contributed by atoms with van der Waals surface area (Å²) < 4.78 is 12.4. The van der Waals surface area contributed by atoms with Crippen LogP contribution in [0.5, 0.6) is 5.75 Å². The number of halogens is 1. The summed E-state index contributed by atoms with van der Waals surface area (Å²) in [6.45, 7) is 15.8. The van der Waals surface area contributed by atoms with Crippen LogP contribution in [0.4, 0.5) is 5.69 Å². The minimum Gasteiger partial charge on any atom is -0.490 e. The normalized spacial score (nSPS) is 18.5. The van der Waals surface area contributed by atoms with Gasteiger partial charge in [-0.05, 0) is 100 Å². The topological polar surface area (TPSA) is 59.1 Å². The molecule has 2 aromatic rings. The van der Waals surface area contributed by atoms with Gasteiger partial charge in [0, 0.05) is 43.5 Å². The number of hydrogen-bond acceptors (Lipinski definition) is 5. The average molecular weight is 607 g/mol. The number of amides is 1. The number of allylic oxidation sites excluding steroid dienone is 1. The maximum absolute atomic E-state index is 13.6. The Morgan fingerprint density at radius 3 is 2.67 bits per heavy atom. The molecule has 0 unspecified atom stereocenters. The van der Waals surface area contributed by atoms with Crippen molar-refractivity contribution in [1.82, 2.24) is 4.90 Å². The number of benzene rings is 2. The van der Waals surface area contributed by atoms with E-state index < -0.39 is 17.5 Å². The molecule has 0 fully saturated rings. The number of esters is 1. The molecule has 1 amide bonds. The zero-order valence-electron chi connectivity index (χ0n) is 26.3. The maximum atomic E-state index is 13.6. The summed E-state index contributed by atoms with van der Waals surface area (Å²) in [5.41, 5.74) is 3.46. The van der Waals surface area contributed by atoms with E-state index in [1.807, 2.05) is 51.1 Å². The van der Waals surface area contributed by atoms with Crippen LogP contribution in [0.2, 0.25) is 5.02 Å². The standard InChI is InChI=1S/C36H47ClN2O4/c1-7-9-10-11-20-39-24-36(18-12-13-27-21-28(37)15-16-30(27)36)25-42-32-17-14-26(22-31(32)39)29(34(41)43-35(3,4)5)23-33(40)38(6)19-8-2/h7-8,14-17,21-22,29H,1-2,9-13,18-20,23-25H2,3-6H3/t29-,36+/m1/s1. The predicted octanol–water partition coefficient (Wildman–Crippen LogP) is 7.63. The van der Waals surface area contributed by atoms with E-state index in [9.17, 15) is 9.59 Å². The Hall–Kier alpha value is -3.25. The molecule has 1 aliphatic heterocycles. The van der Waals surface area contributed by atoms with Gasteiger partial charge in [0.15, 0.2) is 0 Å². The fourth-order valence-corrected chi connectivity index (χ4v) is 6.51. The molecular formula is C36H47ClN2O4. The van der Waals surface area contributed by atoms with Gasteiger partial charge in [-0.25, -0.2) is 0 Å². The van der Waals surface area contributed by atoms with Crippen LogP contribution in [-0.2, 0) is 26.2 Å². The highest BCUT2D eigenvalue weighted by Gasteiger charge is 2.42. The first-order valence-electron chi connectivity index (χ1n) is 15.5. The number of carbonyl (C=O) groups excluding carboxylic acids is 2. The molecule has 7 heteroatoms. The molecule has 2 aliphatic rings. The van der Waals surface area contributed by atoms with Crippen molar-refractivity contribution in [3.05, 3.63) is 83.4 Å². The third-order valence-corrected chi connectivity index (χ3v) is 8.68. The third kappa shape index (κ3) is 8.03. The van der Waals surface area contributed by atoms with Crippen molar-refractivity contribution in [2.45, 2.75) is 82.7 Å². The van der Waals surface area contributed by atoms with E-state index in [1.165, 1.54) is 11.1 Å². The quantitative estimate of drug-likeness (QED) is 0.150. The molecule has 6 nitrogen and oxygen atoms in total. The van der Waals surface area contributed by atoms with Crippen molar-refractivity contribution in [1.29, 1.82) is 0 Å². The number of ether oxygens (including phenoxy) is 2. The highest BCUT2D eigenvalue weighted by Crippen LogP contribution is 2.45. The monoisotopic (exact) mass is 606 g/mol. The maximum Gasteiger partial charge on any atom is 0.314 e. The van der Waals surface area contributed by atoms with Crippen LogP contribution in [0, 0.1) is 0 Å². The summed E-state index contributed by atoms with van der Waals surface area (Å²) in [5, 5.41) is 0.765. The highest BCUT2D eigenvalue weighted by molar-refractivity contribution is 6.30. The Bertz CT molecular complexity index is 1330. The lowest BCUT2D eigenvalue weighted by molar-refractivity contribution is -0.158. The lowest BCUT2D eigenvalue weighted by Crippen LogP contribution is -2.46. The molecule has 1 heterocycles. The van der Waals surface area contributed by atoms with Gasteiger partial charge < -0.3 is 19.3 Å². The van der Waals surface area contributed by atoms with Crippen LogP contribution in [0.1, 0.15) is 81.9 Å². The minimum absolute atomic E-state index is 0.0102. The molecule has 2 aromatic carbocycles. The van der Waals surface area contributed by atoms with Gasteiger partial charge in [-0.15, -0.1) is 13.2 Å². The van der Waals surface area contributed by atoms with E-state index in [0.29, 0.717) is 13.2 Å². The van der Waals surface area contributed by atoms with Gasteiger partial charge in [0.25, 0.3) is 0 Å². The molecule has 0 radical (unpaired) electrons. The van der Waals surface area contributed by atoms with Crippen LogP contribution in [0.3, 0.4) is 0 Å². The van der Waals surface area contributed by atoms with Crippen molar-refractivity contribution in [3.8, 4) is 5.75 Å². The van der Waals surface area contributed by atoms with Crippen molar-refractivity contribution >= 4 is 29.2 Å². The average Bonchev–Trinajstić information content (AvgIpc) is 3.10. The fraction of sp³-hybridized carbons (Fsp3) is 0.500. The number of fused-ring (bicyclic) bond motifs is 3. The van der Waals surface area contributed by atoms with Gasteiger partial charge in [0.1, 0.15) is 11.4 Å². The number of carbonyl (C=O) groups is 2. The SMILES string of the molecule is C=CCCCCN1C[C@@]2(CCCc3cc(Cl)ccc32)COc2ccc([C@@H](CC(=O)N(C)CC=C)C(=O)OC(C)(C)C)cc21. The van der Waals surface area contributed by atoms with Gasteiger partial charge in [-0.2, -0.15) is 0 Å². The van der Waals surface area contributed by atoms with E-state index in [4.69, 9.17) is 21.1 Å². The molecule has 1 spiro atoms. The number of likely N-dealkylation sites (N-methyl/N-ethyl adjacent to an activating group) is 1. The van der Waals surface area contributed by atoms with Crippen LogP contribution in [0.15, 0.2) is 61.7 Å². The fourth-order valence-electron chi connectivity index (χ4n) is 6.31. The van der Waals surface area contributed by atoms with E-state index >= 15 is 0 Å². The second-order valence-corrected chi connectivity index (χ2v) is 13.4. The van der Waals surface area contributed by atoms with Crippen LogP contribution in [-0.4, -0.2) is 55.7 Å². The largest absolute Gasteiger partial charge is 0.490 e. The Kier molecular flexibility index (Phi) is 10.7. The molecule has 2 atom stereocenters. The Morgan fingerprint density at radius 2 is 1.95 bits per heavy atom. The summed E-state index contributed by atoms with van der Waals surface area (Å²) in [6.07, 6.45) is 9.77. The van der Waals surface area contributed by atoms with Gasteiger partial charge >= 0.3 is 5.97 Å². The molecule has 0 N–H and O–H groups in total. The molecule has 232 valence electrons. The number of nitrogens with zero attached hydrogens (tertiary/aromatic N) is 2. The molecule has 0 saturated carbocycles. The van der Waals surface area contributed by atoms with Crippen molar-refractivity contribution < 1.29 is 19.1 Å². The zero-order valence-corrected chi connectivity index (χ0v) is 27.0. The number of hydrogen-bond donors (Lipinski definition) is 0. The van der Waals surface area contributed by atoms with E-state index in [2.05, 4.69) is 30.2 Å². The second-order valence-electron chi connectivity index (χ2n) is 13.0. The first kappa shape index (κ1) is 32.7. The van der Waals surface area contributed by atoms with E-state index in [0.717, 1.165) is 73.6 Å². The Morgan fingerprint density at radius 1 is 1.16 bits per heavy atom. The van der Waals surface area contributed by atoms with Crippen molar-refractivity contribution in [2.75, 3.05) is 38.2 Å². The van der Waals surface area contributed by atoms with E-state index in [1.54, 1.807) is 18.0 Å². The van der Waals surface area contributed by atoms with Crippen LogP contribution >= 0.6 is 11.6 Å². The molecule has 0 bridgehead atoms. The molecular weight excluding hydrogens is 560 g/mol. The van der Waals surface area contributed by atoms with Gasteiger partial charge in [0.2, 0.25) is 5.91 Å². The lowest BCUT2D eigenvalue weighted by Gasteiger charge is -2.41. The number of rotatable bonds is 11. The van der Waals surface area contributed by atoms with Gasteiger partial charge in [-0.3, -0.25) is 9.59 Å². The number of aryl methyl sites for hydroxylation is 1. The first-order chi connectivity index (χ1) is 20.5. The summed E-state index contributed by atoms with van der Waals surface area (Å²) in [7, 11) is 1.72. The molecule has 43 heavy (non-hydrogen) atoms. The van der Waals surface area contributed by atoms with Crippen LogP contribution in [0.25, 0.3) is 0 Å².